The molecule has 0 spiro atoms. The third kappa shape index (κ3) is 3.91. The summed E-state index contributed by atoms with van der Waals surface area (Å²) in [5.74, 6) is 0. The maximum absolute atomic E-state index is 5.06. The molecule has 0 aromatic rings. The third-order valence-corrected chi connectivity index (χ3v) is 9.87. The molecule has 1 nitrogen and oxygen atoms in total. The molecule has 0 fully saturated rings. The van der Waals surface area contributed by atoms with Gasteiger partial charge in [-0.3, -0.25) is 0 Å². The van der Waals surface area contributed by atoms with Gasteiger partial charge < -0.3 is 4.41 Å². The summed E-state index contributed by atoms with van der Waals surface area (Å²) in [6.07, 6.45) is 0. The first kappa shape index (κ1) is 12.4. The molecular formula is C9H24NPSi. The molecule has 12 heavy (non-hydrogen) atoms. The zero-order valence-electron chi connectivity index (χ0n) is 9.89. The molecule has 0 aliphatic carbocycles. The van der Waals surface area contributed by atoms with Crippen molar-refractivity contribution in [3.05, 3.63) is 0 Å². The molecule has 3 heteroatoms. The zero-order chi connectivity index (χ0) is 10.2. The standard InChI is InChI=1S/C9H24NPSi/c1-9(2,3)11(4,5)10-12(6,7)8/h1-8H3. The molecule has 0 N–H and O–H groups in total. The predicted octanol–water partition coefficient (Wildman–Crippen LogP) is 4.08. The smallest absolute Gasteiger partial charge is 0.170 e. The van der Waals surface area contributed by atoms with Gasteiger partial charge in [0.05, 0.1) is 0 Å². The molecule has 0 aromatic carbocycles. The topological polar surface area (TPSA) is 12.4 Å². The lowest BCUT2D eigenvalue weighted by Crippen LogP contribution is -2.21. The van der Waals surface area contributed by atoms with Crippen molar-refractivity contribution < 1.29 is 0 Å². The molecule has 0 bridgehead atoms. The van der Waals surface area contributed by atoms with Gasteiger partial charge in [0.2, 0.25) is 0 Å². The summed E-state index contributed by atoms with van der Waals surface area (Å²) >= 11 is 0. The SMILES string of the molecule is CC(C)(C)P(C)(C)=N[Si](C)(C)C. The second-order valence-electron chi connectivity index (χ2n) is 5.84. The van der Waals surface area contributed by atoms with Crippen LogP contribution >= 0.6 is 7.05 Å². The van der Waals surface area contributed by atoms with Gasteiger partial charge in [0.1, 0.15) is 0 Å². The van der Waals surface area contributed by atoms with E-state index in [0.717, 1.165) is 0 Å². The number of nitrogens with zero attached hydrogens (tertiary/aromatic N) is 1. The maximum atomic E-state index is 5.06. The summed E-state index contributed by atoms with van der Waals surface area (Å²) in [7, 11) is -2.29. The van der Waals surface area contributed by atoms with Crippen LogP contribution in [0.15, 0.2) is 4.41 Å². The van der Waals surface area contributed by atoms with Crippen molar-refractivity contribution in [1.29, 1.82) is 0 Å². The van der Waals surface area contributed by atoms with Crippen LogP contribution in [0.2, 0.25) is 19.6 Å². The van der Waals surface area contributed by atoms with Gasteiger partial charge in [-0.1, -0.05) is 40.4 Å². The van der Waals surface area contributed by atoms with E-state index in [9.17, 15) is 0 Å². The Hall–Kier alpha value is 0.447. The van der Waals surface area contributed by atoms with Crippen molar-refractivity contribution in [3.8, 4) is 0 Å². The molecule has 0 radical (unpaired) electrons. The highest BCUT2D eigenvalue weighted by molar-refractivity contribution is 7.67. The molecule has 0 aliphatic heterocycles. The highest BCUT2D eigenvalue weighted by Crippen LogP contribution is 2.55. The lowest BCUT2D eigenvalue weighted by molar-refractivity contribution is 0.781. The summed E-state index contributed by atoms with van der Waals surface area (Å²) in [6.45, 7) is 18.6. The van der Waals surface area contributed by atoms with Crippen molar-refractivity contribution in [3.63, 3.8) is 0 Å². The van der Waals surface area contributed by atoms with Crippen molar-refractivity contribution in [2.75, 3.05) is 13.3 Å². The number of hydrogen-bond acceptors (Lipinski definition) is 1. The van der Waals surface area contributed by atoms with Crippen molar-refractivity contribution in [2.45, 2.75) is 45.6 Å². The Kier molecular flexibility index (Phi) is 3.43. The summed E-state index contributed by atoms with van der Waals surface area (Å²) in [4.78, 5) is 0. The average Bonchev–Trinajstić information content (AvgIpc) is 1.52. The van der Waals surface area contributed by atoms with Crippen LogP contribution in [0.3, 0.4) is 0 Å². The second-order valence-corrected chi connectivity index (χ2v) is 15.1. The van der Waals surface area contributed by atoms with Crippen LogP contribution in [-0.4, -0.2) is 26.7 Å². The van der Waals surface area contributed by atoms with Gasteiger partial charge in [0.15, 0.2) is 8.24 Å². The lowest BCUT2D eigenvalue weighted by atomic mass is 10.3. The van der Waals surface area contributed by atoms with Gasteiger partial charge in [0.25, 0.3) is 0 Å². The largest absolute Gasteiger partial charge is 0.338 e. The van der Waals surface area contributed by atoms with E-state index in [1.54, 1.807) is 0 Å². The van der Waals surface area contributed by atoms with Gasteiger partial charge in [-0.15, -0.1) is 0 Å². The van der Waals surface area contributed by atoms with Gasteiger partial charge in [-0.2, -0.15) is 0 Å². The predicted molar refractivity (Wildman–Crippen MR) is 64.3 cm³/mol. The molecule has 0 aromatic heterocycles. The molecule has 0 saturated heterocycles. The van der Waals surface area contributed by atoms with Gasteiger partial charge in [-0.05, 0) is 25.5 Å². The van der Waals surface area contributed by atoms with Crippen LogP contribution in [0.5, 0.6) is 0 Å². The van der Waals surface area contributed by atoms with Crippen molar-refractivity contribution >= 4 is 15.3 Å². The second kappa shape index (κ2) is 3.30. The van der Waals surface area contributed by atoms with Gasteiger partial charge in [-0.25, -0.2) is 0 Å². The molecule has 0 heterocycles. The van der Waals surface area contributed by atoms with E-state index in [1.807, 2.05) is 0 Å². The summed E-state index contributed by atoms with van der Waals surface area (Å²) < 4.78 is 5.06. The minimum Gasteiger partial charge on any atom is -0.338 e. The fourth-order valence-corrected chi connectivity index (χ4v) is 8.10. The fourth-order valence-electron chi connectivity index (χ4n) is 0.900. The molecule has 0 rings (SSSR count). The molecule has 74 valence electrons. The molecule has 0 atom stereocenters. The molecular weight excluding hydrogens is 181 g/mol. The lowest BCUT2D eigenvalue weighted by Gasteiger charge is -2.33. The summed E-state index contributed by atoms with van der Waals surface area (Å²) in [6, 6.07) is 0. The van der Waals surface area contributed by atoms with Gasteiger partial charge >= 0.3 is 0 Å². The Morgan fingerprint density at radius 2 is 1.33 bits per heavy atom. The minimum atomic E-state index is -1.23. The van der Waals surface area contributed by atoms with E-state index in [0.29, 0.717) is 5.16 Å². The van der Waals surface area contributed by atoms with Crippen LogP contribution in [0.4, 0.5) is 0 Å². The minimum absolute atomic E-state index is 0.382. The Morgan fingerprint density at radius 1 is 1.00 bits per heavy atom. The molecule has 0 aliphatic rings. The monoisotopic (exact) mass is 205 g/mol. The first-order chi connectivity index (χ1) is 4.96. The molecule has 0 amide bonds. The maximum Gasteiger partial charge on any atom is 0.170 e. The van der Waals surface area contributed by atoms with E-state index >= 15 is 0 Å². The number of hydrogen-bond donors (Lipinski definition) is 0. The Balaban J connectivity index is 4.99. The van der Waals surface area contributed by atoms with Crippen LogP contribution in [0.25, 0.3) is 0 Å². The molecule has 0 unspecified atom stereocenters. The summed E-state index contributed by atoms with van der Waals surface area (Å²) in [5.41, 5.74) is 0. The zero-order valence-corrected chi connectivity index (χ0v) is 11.8. The Morgan fingerprint density at radius 3 is 1.42 bits per heavy atom. The van der Waals surface area contributed by atoms with E-state index in [-0.39, 0.29) is 0 Å². The highest BCUT2D eigenvalue weighted by Gasteiger charge is 2.26. The quantitative estimate of drug-likeness (QED) is 0.452. The van der Waals surface area contributed by atoms with Crippen molar-refractivity contribution in [1.82, 2.24) is 0 Å². The highest BCUT2D eigenvalue weighted by atomic mass is 31.2. The van der Waals surface area contributed by atoms with Crippen LogP contribution < -0.4 is 0 Å². The van der Waals surface area contributed by atoms with Crippen LogP contribution in [0.1, 0.15) is 20.8 Å². The molecule has 0 saturated carbocycles. The normalized spacial score (nSPS) is 14.7. The fraction of sp³-hybridized carbons (Fsp3) is 1.00. The van der Waals surface area contributed by atoms with E-state index in [1.165, 1.54) is 0 Å². The van der Waals surface area contributed by atoms with Gasteiger partial charge in [0, 0.05) is 0 Å². The Bertz CT molecular complexity index is 202. The van der Waals surface area contributed by atoms with Crippen LogP contribution in [-0.2, 0) is 0 Å². The van der Waals surface area contributed by atoms with E-state index < -0.39 is 15.3 Å². The Labute approximate surface area is 79.1 Å². The van der Waals surface area contributed by atoms with E-state index in [4.69, 9.17) is 4.41 Å². The van der Waals surface area contributed by atoms with Crippen molar-refractivity contribution in [2.24, 2.45) is 4.41 Å². The van der Waals surface area contributed by atoms with E-state index in [2.05, 4.69) is 53.7 Å². The first-order valence-corrected chi connectivity index (χ1v) is 10.6. The third-order valence-electron chi connectivity index (χ3n) is 2.19. The summed E-state index contributed by atoms with van der Waals surface area (Å²) in [5, 5.41) is 0.382. The van der Waals surface area contributed by atoms with Crippen LogP contribution in [0, 0.1) is 0 Å². The number of rotatable bonds is 1. The first-order valence-electron chi connectivity index (χ1n) is 4.54. The average molecular weight is 205 g/mol.